The van der Waals surface area contributed by atoms with E-state index >= 15 is 0 Å². The summed E-state index contributed by atoms with van der Waals surface area (Å²) in [6, 6.07) is 9.55. The number of aromatic hydroxyl groups is 1. The molecular weight excluding hydrogens is 336 g/mol. The number of hydrogen-bond acceptors (Lipinski definition) is 6. The molecule has 1 amide bonds. The molecule has 0 fully saturated rings. The van der Waals surface area contributed by atoms with Gasteiger partial charge in [0.1, 0.15) is 11.3 Å². The number of amides is 1. The number of rotatable bonds is 5. The first-order chi connectivity index (χ1) is 12.1. The molecule has 0 aliphatic carbocycles. The molecule has 0 spiro atoms. The topological polar surface area (TPSA) is 88.0 Å². The Bertz CT molecular complexity index is 880. The summed E-state index contributed by atoms with van der Waals surface area (Å²) < 4.78 is 0. The highest BCUT2D eigenvalue weighted by Crippen LogP contribution is 2.23. The fourth-order valence-corrected chi connectivity index (χ4v) is 3.06. The van der Waals surface area contributed by atoms with Crippen LogP contribution in [0.3, 0.4) is 0 Å². The van der Waals surface area contributed by atoms with Crippen LogP contribution >= 0.6 is 11.3 Å². The van der Waals surface area contributed by atoms with Crippen molar-refractivity contribution >= 4 is 17.2 Å². The fourth-order valence-electron chi connectivity index (χ4n) is 2.46. The molecule has 0 aliphatic heterocycles. The van der Waals surface area contributed by atoms with Gasteiger partial charge in [-0.25, -0.2) is 9.97 Å². The van der Waals surface area contributed by atoms with Crippen LogP contribution in [0.25, 0.3) is 11.5 Å². The van der Waals surface area contributed by atoms with Gasteiger partial charge in [-0.1, -0.05) is 37.3 Å². The molecule has 6 nitrogen and oxygen atoms in total. The van der Waals surface area contributed by atoms with E-state index in [1.54, 1.807) is 0 Å². The summed E-state index contributed by atoms with van der Waals surface area (Å²) in [7, 11) is 0. The van der Waals surface area contributed by atoms with E-state index in [4.69, 9.17) is 0 Å². The van der Waals surface area contributed by atoms with Crippen molar-refractivity contribution in [1.82, 2.24) is 20.3 Å². The van der Waals surface area contributed by atoms with Crippen molar-refractivity contribution in [2.45, 2.75) is 26.3 Å². The van der Waals surface area contributed by atoms with Gasteiger partial charge in [-0.2, -0.15) is 4.98 Å². The van der Waals surface area contributed by atoms with Crippen LogP contribution in [-0.4, -0.2) is 26.0 Å². The van der Waals surface area contributed by atoms with E-state index in [1.165, 1.54) is 17.5 Å². The second-order valence-corrected chi connectivity index (χ2v) is 6.59. The Labute approximate surface area is 149 Å². The van der Waals surface area contributed by atoms with Gasteiger partial charge in [0.05, 0.1) is 11.0 Å². The Morgan fingerprint density at radius 2 is 2.04 bits per heavy atom. The fraction of sp³-hybridized carbons (Fsp3) is 0.222. The molecule has 7 heteroatoms. The maximum Gasteiger partial charge on any atom is 0.258 e. The van der Waals surface area contributed by atoms with Crippen LogP contribution in [0, 0.1) is 6.92 Å². The molecule has 1 atom stereocenters. The zero-order chi connectivity index (χ0) is 17.8. The van der Waals surface area contributed by atoms with Gasteiger partial charge in [0.2, 0.25) is 5.88 Å². The van der Waals surface area contributed by atoms with Gasteiger partial charge in [-0.05, 0) is 18.9 Å². The molecule has 0 unspecified atom stereocenters. The maximum absolute atomic E-state index is 12.5. The lowest BCUT2D eigenvalue weighted by Gasteiger charge is -2.17. The summed E-state index contributed by atoms with van der Waals surface area (Å²) >= 11 is 1.47. The maximum atomic E-state index is 12.5. The first-order valence-electron chi connectivity index (χ1n) is 7.92. The molecule has 2 aromatic heterocycles. The normalized spacial score (nSPS) is 11.9. The van der Waals surface area contributed by atoms with E-state index in [0.717, 1.165) is 17.0 Å². The van der Waals surface area contributed by atoms with E-state index in [0.29, 0.717) is 11.5 Å². The van der Waals surface area contributed by atoms with E-state index in [1.807, 2.05) is 49.6 Å². The Morgan fingerprint density at radius 3 is 2.64 bits per heavy atom. The lowest BCUT2D eigenvalue weighted by Crippen LogP contribution is -2.28. The number of nitrogens with zero attached hydrogens (tertiary/aromatic N) is 3. The molecule has 2 N–H and O–H groups in total. The smallest absolute Gasteiger partial charge is 0.258 e. The van der Waals surface area contributed by atoms with Crippen LogP contribution in [-0.2, 0) is 0 Å². The van der Waals surface area contributed by atoms with Gasteiger partial charge in [-0.15, -0.1) is 11.3 Å². The van der Waals surface area contributed by atoms with Gasteiger partial charge in [0, 0.05) is 11.6 Å². The molecule has 0 radical (unpaired) electrons. The standard InChI is InChI=1S/C18H18N4O2S/c1-3-14(12-7-5-4-6-8-12)21-17(23)13-9-19-16(22-18(13)24)15-10-25-11(2)20-15/h4-10,14H,3H2,1-2H3,(H,21,23)(H,19,22,24)/t14-/m1/s1. The molecule has 0 aliphatic rings. The molecule has 2 heterocycles. The van der Waals surface area contributed by atoms with Crippen LogP contribution in [0.2, 0.25) is 0 Å². The predicted molar refractivity (Wildman–Crippen MR) is 96.5 cm³/mol. The highest BCUT2D eigenvalue weighted by Gasteiger charge is 2.19. The van der Waals surface area contributed by atoms with E-state index in [9.17, 15) is 9.90 Å². The third kappa shape index (κ3) is 3.83. The summed E-state index contributed by atoms with van der Waals surface area (Å²) in [6.07, 6.45) is 2.06. The molecule has 3 aromatic rings. The van der Waals surface area contributed by atoms with Crippen LogP contribution < -0.4 is 5.32 Å². The van der Waals surface area contributed by atoms with Crippen LogP contribution in [0.4, 0.5) is 0 Å². The lowest BCUT2D eigenvalue weighted by molar-refractivity contribution is 0.0931. The summed E-state index contributed by atoms with van der Waals surface area (Å²) in [4.78, 5) is 24.9. The monoisotopic (exact) mass is 354 g/mol. The molecule has 0 saturated heterocycles. The second-order valence-electron chi connectivity index (χ2n) is 5.53. The van der Waals surface area contributed by atoms with Gasteiger partial charge in [0.15, 0.2) is 5.82 Å². The molecular formula is C18H18N4O2S. The van der Waals surface area contributed by atoms with Gasteiger partial charge in [0.25, 0.3) is 5.91 Å². The van der Waals surface area contributed by atoms with E-state index < -0.39 is 5.91 Å². The quantitative estimate of drug-likeness (QED) is 0.732. The number of carbonyl (C=O) groups is 1. The minimum Gasteiger partial charge on any atom is -0.493 e. The van der Waals surface area contributed by atoms with E-state index in [2.05, 4.69) is 20.3 Å². The number of benzene rings is 1. The first kappa shape index (κ1) is 17.0. The van der Waals surface area contributed by atoms with Crippen molar-refractivity contribution in [3.63, 3.8) is 0 Å². The number of thiazole rings is 1. The number of carbonyl (C=O) groups excluding carboxylic acids is 1. The second kappa shape index (κ2) is 7.40. The third-order valence-electron chi connectivity index (χ3n) is 3.78. The summed E-state index contributed by atoms with van der Waals surface area (Å²) in [5.41, 5.74) is 1.64. The Kier molecular flexibility index (Phi) is 5.04. The van der Waals surface area contributed by atoms with Crippen molar-refractivity contribution in [3.05, 3.63) is 58.0 Å². The van der Waals surface area contributed by atoms with Crippen molar-refractivity contribution < 1.29 is 9.90 Å². The van der Waals surface area contributed by atoms with E-state index in [-0.39, 0.29) is 17.5 Å². The Balaban J connectivity index is 1.80. The zero-order valence-electron chi connectivity index (χ0n) is 13.9. The van der Waals surface area contributed by atoms with Crippen molar-refractivity contribution in [2.24, 2.45) is 0 Å². The van der Waals surface area contributed by atoms with Gasteiger partial charge in [-0.3, -0.25) is 4.79 Å². The highest BCUT2D eigenvalue weighted by atomic mass is 32.1. The number of hydrogen-bond donors (Lipinski definition) is 2. The summed E-state index contributed by atoms with van der Waals surface area (Å²) in [5, 5.41) is 15.8. The zero-order valence-corrected chi connectivity index (χ0v) is 14.7. The minimum atomic E-state index is -0.408. The number of nitrogens with one attached hydrogen (secondary N) is 1. The summed E-state index contributed by atoms with van der Waals surface area (Å²) in [5.74, 6) is -0.459. The van der Waals surface area contributed by atoms with Gasteiger partial charge < -0.3 is 10.4 Å². The molecule has 1 aromatic carbocycles. The molecule has 128 valence electrons. The van der Waals surface area contributed by atoms with Crippen LogP contribution in [0.15, 0.2) is 41.9 Å². The first-order valence-corrected chi connectivity index (χ1v) is 8.80. The van der Waals surface area contributed by atoms with Crippen molar-refractivity contribution in [3.8, 4) is 17.4 Å². The predicted octanol–water partition coefficient (Wildman–Crippen LogP) is 3.50. The van der Waals surface area contributed by atoms with Crippen molar-refractivity contribution in [2.75, 3.05) is 0 Å². The van der Waals surface area contributed by atoms with Crippen LogP contribution in [0.5, 0.6) is 5.88 Å². The van der Waals surface area contributed by atoms with Gasteiger partial charge >= 0.3 is 0 Å². The van der Waals surface area contributed by atoms with Crippen LogP contribution in [0.1, 0.15) is 40.3 Å². The third-order valence-corrected chi connectivity index (χ3v) is 4.55. The molecule has 0 saturated carbocycles. The highest BCUT2D eigenvalue weighted by molar-refractivity contribution is 7.09. The molecule has 0 bridgehead atoms. The number of aromatic nitrogens is 3. The molecule has 25 heavy (non-hydrogen) atoms. The molecule has 3 rings (SSSR count). The Hall–Kier alpha value is -2.80. The lowest BCUT2D eigenvalue weighted by atomic mass is 10.0. The SMILES string of the molecule is CC[C@@H](NC(=O)c1cnc(-c2csc(C)n2)nc1O)c1ccccc1. The minimum absolute atomic E-state index is 0.0464. The summed E-state index contributed by atoms with van der Waals surface area (Å²) in [6.45, 7) is 3.87. The largest absolute Gasteiger partial charge is 0.493 e. The average molecular weight is 354 g/mol. The average Bonchev–Trinajstić information content (AvgIpc) is 3.06. The number of aryl methyl sites for hydroxylation is 1. The Morgan fingerprint density at radius 1 is 1.28 bits per heavy atom. The van der Waals surface area contributed by atoms with Crippen molar-refractivity contribution in [1.29, 1.82) is 0 Å².